The zero-order chi connectivity index (χ0) is 10.9. The first-order valence-electron chi connectivity index (χ1n) is 3.56. The van der Waals surface area contributed by atoms with Gasteiger partial charge in [-0.15, -0.1) is 0 Å². The van der Waals surface area contributed by atoms with Crippen LogP contribution in [0.1, 0.15) is 10.4 Å². The summed E-state index contributed by atoms with van der Waals surface area (Å²) in [5.74, 6) is -5.98. The van der Waals surface area contributed by atoms with E-state index < -0.39 is 40.3 Å². The lowest BCUT2D eigenvalue weighted by Crippen LogP contribution is -2.07. The number of benzene rings is 1. The summed E-state index contributed by atoms with van der Waals surface area (Å²) in [6.45, 7) is -0.670. The highest BCUT2D eigenvalue weighted by atomic mass is 79.9. The summed E-state index contributed by atoms with van der Waals surface area (Å²) in [6, 6.07) is 0.116. The SMILES string of the molecule is OCC(Br)c1c(F)c(F)cc(F)c1F. The van der Waals surface area contributed by atoms with Crippen molar-refractivity contribution in [1.29, 1.82) is 0 Å². The van der Waals surface area contributed by atoms with Gasteiger partial charge in [0.05, 0.1) is 11.4 Å². The van der Waals surface area contributed by atoms with Gasteiger partial charge in [-0.25, -0.2) is 17.6 Å². The van der Waals surface area contributed by atoms with E-state index in [0.29, 0.717) is 0 Å². The molecule has 0 amide bonds. The minimum Gasteiger partial charge on any atom is -0.395 e. The molecule has 1 nitrogen and oxygen atoms in total. The second-order valence-electron chi connectivity index (χ2n) is 2.53. The summed E-state index contributed by atoms with van der Waals surface area (Å²) >= 11 is 2.69. The van der Waals surface area contributed by atoms with Crippen LogP contribution in [-0.4, -0.2) is 11.7 Å². The first-order chi connectivity index (χ1) is 6.49. The number of hydrogen-bond donors (Lipinski definition) is 1. The summed E-state index contributed by atoms with van der Waals surface area (Å²) in [4.78, 5) is -1.17. The summed E-state index contributed by atoms with van der Waals surface area (Å²) in [7, 11) is 0. The average molecular weight is 273 g/mol. The second kappa shape index (κ2) is 4.27. The lowest BCUT2D eigenvalue weighted by molar-refractivity contribution is 0.291. The maximum absolute atomic E-state index is 13.0. The minimum absolute atomic E-state index is 0.116. The smallest absolute Gasteiger partial charge is 0.166 e. The van der Waals surface area contributed by atoms with Gasteiger partial charge < -0.3 is 5.11 Å². The molecule has 0 aromatic heterocycles. The van der Waals surface area contributed by atoms with E-state index >= 15 is 0 Å². The van der Waals surface area contributed by atoms with E-state index in [1.165, 1.54) is 0 Å². The van der Waals surface area contributed by atoms with Crippen LogP contribution in [0.4, 0.5) is 17.6 Å². The normalized spacial score (nSPS) is 13.0. The van der Waals surface area contributed by atoms with Gasteiger partial charge in [-0.2, -0.15) is 0 Å². The fraction of sp³-hybridized carbons (Fsp3) is 0.250. The molecule has 0 aliphatic carbocycles. The highest BCUT2D eigenvalue weighted by Gasteiger charge is 2.23. The maximum Gasteiger partial charge on any atom is 0.166 e. The third kappa shape index (κ3) is 1.90. The van der Waals surface area contributed by atoms with Gasteiger partial charge in [0.2, 0.25) is 0 Å². The molecule has 1 rings (SSSR count). The Labute approximate surface area is 85.5 Å². The average Bonchev–Trinajstić information content (AvgIpc) is 2.15. The van der Waals surface area contributed by atoms with Gasteiger partial charge in [-0.05, 0) is 0 Å². The molecule has 14 heavy (non-hydrogen) atoms. The lowest BCUT2D eigenvalue weighted by atomic mass is 10.1. The Morgan fingerprint density at radius 2 is 1.57 bits per heavy atom. The van der Waals surface area contributed by atoms with Crippen LogP contribution in [-0.2, 0) is 0 Å². The predicted octanol–water partition coefficient (Wildman–Crippen LogP) is 2.67. The van der Waals surface area contributed by atoms with Gasteiger partial charge in [-0.3, -0.25) is 0 Å². The van der Waals surface area contributed by atoms with E-state index in [4.69, 9.17) is 5.11 Å². The van der Waals surface area contributed by atoms with E-state index in [2.05, 4.69) is 15.9 Å². The molecule has 0 saturated carbocycles. The van der Waals surface area contributed by atoms with Crippen LogP contribution < -0.4 is 0 Å². The third-order valence-electron chi connectivity index (χ3n) is 1.62. The summed E-state index contributed by atoms with van der Waals surface area (Å²) in [5, 5.41) is 8.59. The number of alkyl halides is 1. The molecule has 0 bridgehead atoms. The summed E-state index contributed by atoms with van der Waals surface area (Å²) < 4.78 is 51.2. The molecular weight excluding hydrogens is 268 g/mol. The molecule has 0 spiro atoms. The zero-order valence-corrected chi connectivity index (χ0v) is 8.28. The standard InChI is InChI=1S/C8H5BrF4O/c9-3(2-14)6-7(12)4(10)1-5(11)8(6)13/h1,3,14H,2H2. The first kappa shape index (κ1) is 11.5. The molecule has 0 heterocycles. The van der Waals surface area contributed by atoms with Gasteiger partial charge in [0.15, 0.2) is 23.3 Å². The Kier molecular flexibility index (Phi) is 3.49. The van der Waals surface area contributed by atoms with Crippen LogP contribution in [0.3, 0.4) is 0 Å². The molecule has 6 heteroatoms. The van der Waals surface area contributed by atoms with Gasteiger partial charge >= 0.3 is 0 Å². The molecule has 1 aromatic rings. The molecule has 0 aliphatic rings. The van der Waals surface area contributed by atoms with E-state index in [0.717, 1.165) is 0 Å². The van der Waals surface area contributed by atoms with Crippen LogP contribution in [0.2, 0.25) is 0 Å². The monoisotopic (exact) mass is 272 g/mol. The highest BCUT2D eigenvalue weighted by molar-refractivity contribution is 9.09. The van der Waals surface area contributed by atoms with E-state index in [1.54, 1.807) is 0 Å². The van der Waals surface area contributed by atoms with Crippen molar-refractivity contribution in [2.45, 2.75) is 4.83 Å². The number of halogens is 5. The third-order valence-corrected chi connectivity index (χ3v) is 2.37. The van der Waals surface area contributed by atoms with Crippen molar-refractivity contribution >= 4 is 15.9 Å². The van der Waals surface area contributed by atoms with Crippen molar-refractivity contribution in [3.05, 3.63) is 34.9 Å². The van der Waals surface area contributed by atoms with Crippen LogP contribution in [0.25, 0.3) is 0 Å². The van der Waals surface area contributed by atoms with Gasteiger partial charge in [0.1, 0.15) is 0 Å². The van der Waals surface area contributed by atoms with Gasteiger partial charge in [0.25, 0.3) is 0 Å². The van der Waals surface area contributed by atoms with Crippen molar-refractivity contribution in [2.24, 2.45) is 0 Å². The Bertz CT molecular complexity index is 329. The first-order valence-corrected chi connectivity index (χ1v) is 4.48. The van der Waals surface area contributed by atoms with Crippen molar-refractivity contribution in [3.8, 4) is 0 Å². The number of rotatable bonds is 2. The summed E-state index contributed by atoms with van der Waals surface area (Å²) in [6.07, 6.45) is 0. The zero-order valence-electron chi connectivity index (χ0n) is 6.70. The molecule has 0 aliphatic heterocycles. The quantitative estimate of drug-likeness (QED) is 0.499. The van der Waals surface area contributed by atoms with Gasteiger partial charge in [-0.1, -0.05) is 15.9 Å². The Morgan fingerprint density at radius 3 is 1.93 bits per heavy atom. The van der Waals surface area contributed by atoms with E-state index in [9.17, 15) is 17.6 Å². The molecule has 0 radical (unpaired) electrons. The summed E-state index contributed by atoms with van der Waals surface area (Å²) in [5.41, 5.74) is -0.843. The fourth-order valence-corrected chi connectivity index (χ4v) is 1.36. The molecular formula is C8H5BrF4O. The largest absolute Gasteiger partial charge is 0.395 e. The minimum atomic E-state index is -1.50. The Balaban J connectivity index is 3.39. The molecule has 78 valence electrons. The highest BCUT2D eigenvalue weighted by Crippen LogP contribution is 2.30. The van der Waals surface area contributed by atoms with Crippen molar-refractivity contribution in [1.82, 2.24) is 0 Å². The van der Waals surface area contributed by atoms with Crippen LogP contribution >= 0.6 is 15.9 Å². The van der Waals surface area contributed by atoms with Crippen molar-refractivity contribution in [3.63, 3.8) is 0 Å². The molecule has 1 atom stereocenters. The molecule has 0 saturated heterocycles. The van der Waals surface area contributed by atoms with E-state index in [-0.39, 0.29) is 6.07 Å². The Morgan fingerprint density at radius 1 is 1.14 bits per heavy atom. The Hall–Kier alpha value is -0.620. The fourth-order valence-electron chi connectivity index (χ4n) is 0.958. The van der Waals surface area contributed by atoms with Crippen molar-refractivity contribution < 1.29 is 22.7 Å². The molecule has 1 aromatic carbocycles. The van der Waals surface area contributed by atoms with Gasteiger partial charge in [0, 0.05) is 11.6 Å². The van der Waals surface area contributed by atoms with Crippen molar-refractivity contribution in [2.75, 3.05) is 6.61 Å². The number of aliphatic hydroxyl groups is 1. The second-order valence-corrected chi connectivity index (χ2v) is 3.64. The molecule has 1 unspecified atom stereocenters. The molecule has 1 N–H and O–H groups in total. The number of hydrogen-bond acceptors (Lipinski definition) is 1. The lowest BCUT2D eigenvalue weighted by Gasteiger charge is -2.10. The van der Waals surface area contributed by atoms with Crippen LogP contribution in [0, 0.1) is 23.3 Å². The van der Waals surface area contributed by atoms with E-state index in [1.807, 2.05) is 0 Å². The van der Waals surface area contributed by atoms with Crippen LogP contribution in [0.15, 0.2) is 6.07 Å². The maximum atomic E-state index is 13.0. The topological polar surface area (TPSA) is 20.2 Å². The van der Waals surface area contributed by atoms with Crippen LogP contribution in [0.5, 0.6) is 0 Å². The molecule has 0 fully saturated rings. The number of aliphatic hydroxyl groups excluding tert-OH is 1. The predicted molar refractivity (Wildman–Crippen MR) is 45.0 cm³/mol.